The van der Waals surface area contributed by atoms with Crippen LogP contribution in [-0.4, -0.2) is 14.2 Å². The highest BCUT2D eigenvalue weighted by atomic mass is 16.5. The molecule has 0 heterocycles. The van der Waals surface area contributed by atoms with E-state index in [1.54, 1.807) is 14.2 Å². The Bertz CT molecular complexity index is 389. The summed E-state index contributed by atoms with van der Waals surface area (Å²) < 4.78 is 11.0. The minimum absolute atomic E-state index is 0.000741. The average molecular weight is 277 g/mol. The summed E-state index contributed by atoms with van der Waals surface area (Å²) in [6.45, 7) is 0. The van der Waals surface area contributed by atoms with Crippen molar-refractivity contribution in [2.45, 2.75) is 51.0 Å². The van der Waals surface area contributed by atoms with Crippen molar-refractivity contribution in [2.75, 3.05) is 14.2 Å². The molecule has 112 valence electrons. The Labute approximate surface area is 122 Å². The lowest BCUT2D eigenvalue weighted by Gasteiger charge is -2.28. The molecule has 1 aliphatic carbocycles. The molecule has 0 saturated heterocycles. The summed E-state index contributed by atoms with van der Waals surface area (Å²) in [5, 5.41) is 0. The number of rotatable bonds is 4. The van der Waals surface area contributed by atoms with Gasteiger partial charge in [0.2, 0.25) is 0 Å². The predicted molar refractivity (Wildman–Crippen MR) is 82.3 cm³/mol. The molecule has 1 unspecified atom stereocenters. The number of ether oxygens (including phenoxy) is 2. The summed E-state index contributed by atoms with van der Waals surface area (Å²) >= 11 is 0. The molecular formula is C17H27NO2. The van der Waals surface area contributed by atoms with E-state index in [2.05, 4.69) is 0 Å². The maximum atomic E-state index is 6.58. The van der Waals surface area contributed by atoms with Crippen molar-refractivity contribution in [2.24, 2.45) is 11.7 Å². The maximum absolute atomic E-state index is 6.58. The minimum Gasteiger partial charge on any atom is -0.496 e. The Balaban J connectivity index is 2.23. The summed E-state index contributed by atoms with van der Waals surface area (Å²) in [5.74, 6) is 2.22. The first-order valence-corrected chi connectivity index (χ1v) is 7.74. The summed E-state index contributed by atoms with van der Waals surface area (Å²) in [6, 6.07) is 5.90. The monoisotopic (exact) mass is 277 g/mol. The van der Waals surface area contributed by atoms with E-state index in [0.29, 0.717) is 5.92 Å². The second kappa shape index (κ2) is 7.53. The number of nitrogens with two attached hydrogens (primary N) is 1. The molecule has 2 N–H and O–H groups in total. The Morgan fingerprint density at radius 1 is 0.950 bits per heavy atom. The van der Waals surface area contributed by atoms with Crippen LogP contribution in [0.15, 0.2) is 18.2 Å². The van der Waals surface area contributed by atoms with Gasteiger partial charge in [0.1, 0.15) is 11.5 Å². The van der Waals surface area contributed by atoms with Crippen LogP contribution in [0.25, 0.3) is 0 Å². The fraction of sp³-hybridized carbons (Fsp3) is 0.647. The van der Waals surface area contributed by atoms with E-state index < -0.39 is 0 Å². The maximum Gasteiger partial charge on any atom is 0.127 e. The molecule has 20 heavy (non-hydrogen) atoms. The third-order valence-corrected chi connectivity index (χ3v) is 4.46. The first-order valence-electron chi connectivity index (χ1n) is 7.74. The molecule has 0 radical (unpaired) electrons. The van der Waals surface area contributed by atoms with Crippen LogP contribution < -0.4 is 15.2 Å². The fourth-order valence-corrected chi connectivity index (χ4v) is 3.29. The Morgan fingerprint density at radius 2 is 1.45 bits per heavy atom. The summed E-state index contributed by atoms with van der Waals surface area (Å²) in [6.07, 6.45) is 9.05. The van der Waals surface area contributed by atoms with Crippen LogP contribution in [-0.2, 0) is 0 Å². The Morgan fingerprint density at radius 3 is 1.95 bits per heavy atom. The molecule has 1 aromatic rings. The van der Waals surface area contributed by atoms with Crippen molar-refractivity contribution in [1.29, 1.82) is 0 Å². The Kier molecular flexibility index (Phi) is 5.72. The van der Waals surface area contributed by atoms with Gasteiger partial charge in [-0.15, -0.1) is 0 Å². The SMILES string of the molecule is COc1cccc(OC)c1C(N)C1CCCCCCC1. The Hall–Kier alpha value is -1.22. The van der Waals surface area contributed by atoms with E-state index in [1.165, 1.54) is 44.9 Å². The predicted octanol–water partition coefficient (Wildman–Crippen LogP) is 4.06. The highest BCUT2D eigenvalue weighted by molar-refractivity contribution is 5.47. The molecule has 1 aliphatic rings. The molecule has 0 spiro atoms. The molecule has 1 atom stereocenters. The van der Waals surface area contributed by atoms with Crippen LogP contribution >= 0.6 is 0 Å². The quantitative estimate of drug-likeness (QED) is 0.902. The van der Waals surface area contributed by atoms with Crippen molar-refractivity contribution in [1.82, 2.24) is 0 Å². The topological polar surface area (TPSA) is 44.5 Å². The summed E-state index contributed by atoms with van der Waals surface area (Å²) in [4.78, 5) is 0. The van der Waals surface area contributed by atoms with Crippen LogP contribution in [0.4, 0.5) is 0 Å². The smallest absolute Gasteiger partial charge is 0.127 e. The van der Waals surface area contributed by atoms with Gasteiger partial charge in [-0.25, -0.2) is 0 Å². The second-order valence-electron chi connectivity index (χ2n) is 5.71. The van der Waals surface area contributed by atoms with Gasteiger partial charge in [0.15, 0.2) is 0 Å². The zero-order valence-corrected chi connectivity index (χ0v) is 12.7. The van der Waals surface area contributed by atoms with Crippen molar-refractivity contribution in [3.63, 3.8) is 0 Å². The zero-order chi connectivity index (χ0) is 14.4. The van der Waals surface area contributed by atoms with Gasteiger partial charge in [-0.3, -0.25) is 0 Å². The van der Waals surface area contributed by atoms with Gasteiger partial charge in [-0.1, -0.05) is 38.2 Å². The summed E-state index contributed by atoms with van der Waals surface area (Å²) in [7, 11) is 3.40. The lowest BCUT2D eigenvalue weighted by molar-refractivity contribution is 0.308. The van der Waals surface area contributed by atoms with E-state index >= 15 is 0 Å². The molecule has 0 aromatic heterocycles. The molecule has 3 heteroatoms. The van der Waals surface area contributed by atoms with Crippen molar-refractivity contribution < 1.29 is 9.47 Å². The molecule has 0 amide bonds. The molecule has 0 aliphatic heterocycles. The molecule has 3 nitrogen and oxygen atoms in total. The number of hydrogen-bond donors (Lipinski definition) is 1. The van der Waals surface area contributed by atoms with E-state index in [4.69, 9.17) is 15.2 Å². The van der Waals surface area contributed by atoms with E-state index in [0.717, 1.165) is 17.1 Å². The molecule has 2 rings (SSSR count). The fourth-order valence-electron chi connectivity index (χ4n) is 3.29. The number of hydrogen-bond acceptors (Lipinski definition) is 3. The van der Waals surface area contributed by atoms with E-state index in [-0.39, 0.29) is 6.04 Å². The van der Waals surface area contributed by atoms with Crippen LogP contribution in [0.2, 0.25) is 0 Å². The van der Waals surface area contributed by atoms with Gasteiger partial charge in [-0.2, -0.15) is 0 Å². The zero-order valence-electron chi connectivity index (χ0n) is 12.7. The first kappa shape index (κ1) is 15.2. The summed E-state index contributed by atoms with van der Waals surface area (Å²) in [5.41, 5.74) is 7.61. The third-order valence-electron chi connectivity index (χ3n) is 4.46. The van der Waals surface area contributed by atoms with Gasteiger partial charge in [0.25, 0.3) is 0 Å². The molecule has 1 aromatic carbocycles. The van der Waals surface area contributed by atoms with Gasteiger partial charge >= 0.3 is 0 Å². The standard InChI is InChI=1S/C17H27NO2/c1-19-14-11-8-12-15(20-2)16(14)17(18)13-9-6-4-3-5-7-10-13/h8,11-13,17H,3-7,9-10,18H2,1-2H3. The normalized spacial score (nSPS) is 18.9. The lowest BCUT2D eigenvalue weighted by atomic mass is 9.83. The average Bonchev–Trinajstić information content (AvgIpc) is 2.45. The van der Waals surface area contributed by atoms with Crippen molar-refractivity contribution in [3.8, 4) is 11.5 Å². The van der Waals surface area contributed by atoms with Gasteiger partial charge in [0.05, 0.1) is 19.8 Å². The van der Waals surface area contributed by atoms with E-state index in [1.807, 2.05) is 18.2 Å². The highest BCUT2D eigenvalue weighted by Gasteiger charge is 2.25. The molecular weight excluding hydrogens is 250 g/mol. The van der Waals surface area contributed by atoms with Crippen molar-refractivity contribution in [3.05, 3.63) is 23.8 Å². The van der Waals surface area contributed by atoms with Gasteiger partial charge in [-0.05, 0) is 30.9 Å². The third kappa shape index (κ3) is 3.45. The lowest BCUT2D eigenvalue weighted by Crippen LogP contribution is -2.23. The van der Waals surface area contributed by atoms with Crippen LogP contribution in [0.5, 0.6) is 11.5 Å². The van der Waals surface area contributed by atoms with E-state index in [9.17, 15) is 0 Å². The second-order valence-corrected chi connectivity index (χ2v) is 5.71. The van der Waals surface area contributed by atoms with Gasteiger partial charge < -0.3 is 15.2 Å². The largest absolute Gasteiger partial charge is 0.496 e. The number of methoxy groups -OCH3 is 2. The van der Waals surface area contributed by atoms with Crippen molar-refractivity contribution >= 4 is 0 Å². The van der Waals surface area contributed by atoms with Crippen LogP contribution in [0, 0.1) is 5.92 Å². The molecule has 1 saturated carbocycles. The van der Waals surface area contributed by atoms with Crippen LogP contribution in [0.1, 0.15) is 56.6 Å². The minimum atomic E-state index is -0.000741. The molecule has 0 bridgehead atoms. The highest BCUT2D eigenvalue weighted by Crippen LogP contribution is 2.40. The molecule has 1 fully saturated rings. The first-order chi connectivity index (χ1) is 9.77. The van der Waals surface area contributed by atoms with Gasteiger partial charge in [0, 0.05) is 6.04 Å². The van der Waals surface area contributed by atoms with Crippen LogP contribution in [0.3, 0.4) is 0 Å². The number of benzene rings is 1.